The van der Waals surface area contributed by atoms with E-state index in [0.717, 1.165) is 0 Å². The zero-order chi connectivity index (χ0) is 6.57. The van der Waals surface area contributed by atoms with Crippen molar-refractivity contribution in [2.24, 2.45) is 0 Å². The van der Waals surface area contributed by atoms with E-state index in [0.29, 0.717) is 12.4 Å². The highest BCUT2D eigenvalue weighted by molar-refractivity contribution is 6.18. The lowest BCUT2D eigenvalue weighted by Gasteiger charge is -2.12. The van der Waals surface area contributed by atoms with Gasteiger partial charge in [0.05, 0.1) is 6.10 Å². The van der Waals surface area contributed by atoms with E-state index in [-0.39, 0.29) is 6.10 Å². The molecule has 0 bridgehead atoms. The van der Waals surface area contributed by atoms with Gasteiger partial charge in [0.1, 0.15) is 0 Å². The second-order valence-corrected chi connectivity index (χ2v) is 2.38. The molecule has 0 spiro atoms. The zero-order valence-corrected chi connectivity index (χ0v) is 6.02. The van der Waals surface area contributed by atoms with Crippen molar-refractivity contribution in [3.63, 3.8) is 0 Å². The first-order chi connectivity index (χ1) is 3.66. The Bertz CT molecular complexity index is 58.4. The van der Waals surface area contributed by atoms with Crippen LogP contribution in [0, 0.1) is 0 Å². The van der Waals surface area contributed by atoms with E-state index in [4.69, 9.17) is 16.7 Å². The lowest BCUT2D eigenvalue weighted by atomic mass is 10.4. The van der Waals surface area contributed by atoms with Gasteiger partial charge in [-0.15, -0.1) is 11.6 Å². The van der Waals surface area contributed by atoms with Crippen LogP contribution < -0.4 is 0 Å². The molecule has 0 aliphatic rings. The lowest BCUT2D eigenvalue weighted by molar-refractivity contribution is 0.157. The quantitative estimate of drug-likeness (QED) is 0.560. The van der Waals surface area contributed by atoms with E-state index in [1.807, 2.05) is 19.0 Å². The van der Waals surface area contributed by atoms with Crippen LogP contribution in [0.5, 0.6) is 0 Å². The third kappa shape index (κ3) is 4.37. The van der Waals surface area contributed by atoms with Gasteiger partial charge >= 0.3 is 0 Å². The number of rotatable bonds is 3. The Morgan fingerprint density at radius 2 is 2.12 bits per heavy atom. The summed E-state index contributed by atoms with van der Waals surface area (Å²) in [6.07, 6.45) is -0.383. The Morgan fingerprint density at radius 3 is 2.25 bits per heavy atom. The molecule has 50 valence electrons. The van der Waals surface area contributed by atoms with Crippen molar-refractivity contribution in [1.29, 1.82) is 0 Å². The minimum absolute atomic E-state index is 0.318. The van der Waals surface area contributed by atoms with Gasteiger partial charge in [-0.05, 0) is 14.1 Å². The monoisotopic (exact) mass is 137 g/mol. The average molecular weight is 138 g/mol. The molecule has 1 atom stereocenters. The summed E-state index contributed by atoms with van der Waals surface area (Å²) in [6.45, 7) is 0.642. The van der Waals surface area contributed by atoms with Crippen molar-refractivity contribution in [2.45, 2.75) is 6.10 Å². The van der Waals surface area contributed by atoms with E-state index < -0.39 is 0 Å². The van der Waals surface area contributed by atoms with E-state index >= 15 is 0 Å². The van der Waals surface area contributed by atoms with Crippen LogP contribution in [0.3, 0.4) is 0 Å². The Hall–Kier alpha value is 0.210. The maximum Gasteiger partial charge on any atom is 0.0801 e. The molecule has 2 nitrogen and oxygen atoms in total. The second kappa shape index (κ2) is 4.13. The molecule has 0 aliphatic heterocycles. The van der Waals surface area contributed by atoms with Crippen molar-refractivity contribution in [3.05, 3.63) is 0 Å². The van der Waals surface area contributed by atoms with Crippen LogP contribution in [0.1, 0.15) is 0 Å². The van der Waals surface area contributed by atoms with Crippen LogP contribution >= 0.6 is 11.6 Å². The highest BCUT2D eigenvalue weighted by Gasteiger charge is 2.00. The first-order valence-corrected chi connectivity index (χ1v) is 3.09. The highest BCUT2D eigenvalue weighted by Crippen LogP contribution is 1.87. The maximum atomic E-state index is 8.85. The third-order valence-electron chi connectivity index (χ3n) is 0.754. The largest absolute Gasteiger partial charge is 0.391 e. The summed E-state index contributed by atoms with van der Waals surface area (Å²) in [5.74, 6) is 0.318. The predicted octanol–water partition coefficient (Wildman–Crippen LogP) is 0.148. The summed E-state index contributed by atoms with van der Waals surface area (Å²) in [5, 5.41) is 8.85. The van der Waals surface area contributed by atoms with Gasteiger partial charge in [0.15, 0.2) is 0 Å². The van der Waals surface area contributed by atoms with Crippen molar-refractivity contribution >= 4 is 11.6 Å². The second-order valence-electron chi connectivity index (χ2n) is 2.07. The molecule has 0 heterocycles. The van der Waals surface area contributed by atoms with Crippen LogP contribution in [0.2, 0.25) is 0 Å². The number of nitrogens with zero attached hydrogens (tertiary/aromatic N) is 1. The normalized spacial score (nSPS) is 14.6. The fraction of sp³-hybridized carbons (Fsp3) is 1.00. The van der Waals surface area contributed by atoms with Crippen LogP contribution in [0.4, 0.5) is 0 Å². The molecule has 0 radical (unpaired) electrons. The molecule has 0 amide bonds. The van der Waals surface area contributed by atoms with Crippen molar-refractivity contribution in [1.82, 2.24) is 4.90 Å². The van der Waals surface area contributed by atoms with Gasteiger partial charge in [-0.1, -0.05) is 0 Å². The molecule has 0 fully saturated rings. The number of likely N-dealkylation sites (N-methyl/N-ethyl adjacent to an activating group) is 1. The highest BCUT2D eigenvalue weighted by atomic mass is 35.5. The van der Waals surface area contributed by atoms with Crippen molar-refractivity contribution in [2.75, 3.05) is 26.5 Å². The maximum absolute atomic E-state index is 8.85. The number of hydrogen-bond donors (Lipinski definition) is 1. The minimum atomic E-state index is -0.383. The molecular formula is C5H12ClNO. The van der Waals surface area contributed by atoms with Crippen LogP contribution in [-0.2, 0) is 0 Å². The number of aliphatic hydroxyl groups excluding tert-OH is 1. The van der Waals surface area contributed by atoms with E-state index in [2.05, 4.69) is 0 Å². The van der Waals surface area contributed by atoms with Gasteiger partial charge in [0, 0.05) is 12.4 Å². The zero-order valence-electron chi connectivity index (χ0n) is 5.26. The summed E-state index contributed by atoms with van der Waals surface area (Å²) < 4.78 is 0. The van der Waals surface area contributed by atoms with Crippen LogP contribution in [-0.4, -0.2) is 42.6 Å². The molecule has 0 saturated carbocycles. The molecule has 1 N–H and O–H groups in total. The molecule has 0 aromatic rings. The molecule has 8 heavy (non-hydrogen) atoms. The van der Waals surface area contributed by atoms with Crippen LogP contribution in [0.15, 0.2) is 0 Å². The van der Waals surface area contributed by atoms with Crippen LogP contribution in [0.25, 0.3) is 0 Å². The Balaban J connectivity index is 3.10. The smallest absolute Gasteiger partial charge is 0.0801 e. The fourth-order valence-electron chi connectivity index (χ4n) is 0.470. The molecule has 0 aliphatic carbocycles. The molecular weight excluding hydrogens is 126 g/mol. The first-order valence-electron chi connectivity index (χ1n) is 2.55. The van der Waals surface area contributed by atoms with E-state index in [9.17, 15) is 0 Å². The molecule has 0 aromatic carbocycles. The Kier molecular flexibility index (Phi) is 4.23. The third-order valence-corrected chi connectivity index (χ3v) is 1.11. The fourth-order valence-corrected chi connectivity index (χ4v) is 0.568. The lowest BCUT2D eigenvalue weighted by Crippen LogP contribution is -2.26. The van der Waals surface area contributed by atoms with Gasteiger partial charge in [-0.3, -0.25) is 0 Å². The molecule has 0 rings (SSSR count). The van der Waals surface area contributed by atoms with Gasteiger partial charge < -0.3 is 10.0 Å². The number of aliphatic hydroxyl groups is 1. The summed E-state index contributed by atoms with van der Waals surface area (Å²) in [6, 6.07) is 0. The molecule has 3 heteroatoms. The number of halogens is 1. The van der Waals surface area contributed by atoms with Gasteiger partial charge in [-0.25, -0.2) is 0 Å². The molecule has 0 aromatic heterocycles. The summed E-state index contributed by atoms with van der Waals surface area (Å²) in [4.78, 5) is 1.90. The van der Waals surface area contributed by atoms with Crippen molar-refractivity contribution < 1.29 is 5.11 Å². The van der Waals surface area contributed by atoms with Crippen molar-refractivity contribution in [3.8, 4) is 0 Å². The van der Waals surface area contributed by atoms with E-state index in [1.54, 1.807) is 0 Å². The average Bonchev–Trinajstić information content (AvgIpc) is 1.65. The minimum Gasteiger partial charge on any atom is -0.391 e. The topological polar surface area (TPSA) is 23.5 Å². The van der Waals surface area contributed by atoms with Gasteiger partial charge in [-0.2, -0.15) is 0 Å². The molecule has 0 unspecified atom stereocenters. The van der Waals surface area contributed by atoms with E-state index in [1.165, 1.54) is 0 Å². The first kappa shape index (κ1) is 8.21. The Labute approximate surface area is 55.1 Å². The Morgan fingerprint density at radius 1 is 1.62 bits per heavy atom. The standard InChI is InChI=1S/C5H12ClNO/c1-7(2)4-5(8)3-6/h5,8H,3-4H2,1-2H3/t5-/m1/s1. The number of alkyl halides is 1. The summed E-state index contributed by atoms with van der Waals surface area (Å²) >= 11 is 5.32. The summed E-state index contributed by atoms with van der Waals surface area (Å²) in [7, 11) is 3.80. The summed E-state index contributed by atoms with van der Waals surface area (Å²) in [5.41, 5.74) is 0. The van der Waals surface area contributed by atoms with Gasteiger partial charge in [0.2, 0.25) is 0 Å². The predicted molar refractivity (Wildman–Crippen MR) is 35.3 cm³/mol. The number of hydrogen-bond acceptors (Lipinski definition) is 2. The SMILES string of the molecule is CN(C)C[C@H](O)CCl. The van der Waals surface area contributed by atoms with Gasteiger partial charge in [0.25, 0.3) is 0 Å². The molecule has 0 saturated heterocycles.